The zero-order valence-electron chi connectivity index (χ0n) is 11.5. The molecule has 1 atom stereocenters. The SMILES string of the molecule is CCC(C)NCC(=O)Nc1nc2ccc(C)cc2s1. The summed E-state index contributed by atoms with van der Waals surface area (Å²) in [5, 5.41) is 6.66. The molecule has 2 aromatic rings. The fourth-order valence-electron chi connectivity index (χ4n) is 1.66. The number of fused-ring (bicyclic) bond motifs is 1. The Bertz CT molecular complexity index is 579. The highest BCUT2D eigenvalue weighted by Gasteiger charge is 2.08. The average molecular weight is 277 g/mol. The van der Waals surface area contributed by atoms with Crippen LogP contribution >= 0.6 is 11.3 Å². The van der Waals surface area contributed by atoms with Gasteiger partial charge in [0.1, 0.15) is 0 Å². The minimum absolute atomic E-state index is 0.0453. The van der Waals surface area contributed by atoms with Gasteiger partial charge in [0.05, 0.1) is 16.8 Å². The van der Waals surface area contributed by atoms with Crippen LogP contribution in [0.15, 0.2) is 18.2 Å². The number of aryl methyl sites for hydroxylation is 1. The van der Waals surface area contributed by atoms with Crippen LogP contribution in [-0.4, -0.2) is 23.5 Å². The van der Waals surface area contributed by atoms with Crippen LogP contribution in [0.1, 0.15) is 25.8 Å². The van der Waals surface area contributed by atoms with Gasteiger partial charge in [0.25, 0.3) is 0 Å². The van der Waals surface area contributed by atoms with E-state index >= 15 is 0 Å². The van der Waals surface area contributed by atoms with Crippen LogP contribution in [0, 0.1) is 6.92 Å². The molecule has 0 saturated heterocycles. The Hall–Kier alpha value is -1.46. The first-order valence-corrected chi connectivity index (χ1v) is 7.30. The lowest BCUT2D eigenvalue weighted by Gasteiger charge is -2.09. The Balaban J connectivity index is 1.99. The molecule has 1 heterocycles. The monoisotopic (exact) mass is 277 g/mol. The lowest BCUT2D eigenvalue weighted by atomic mass is 10.2. The van der Waals surface area contributed by atoms with Crippen molar-refractivity contribution >= 4 is 32.6 Å². The van der Waals surface area contributed by atoms with Crippen molar-refractivity contribution in [1.29, 1.82) is 0 Å². The van der Waals surface area contributed by atoms with E-state index < -0.39 is 0 Å². The maximum atomic E-state index is 11.8. The second-order valence-electron chi connectivity index (χ2n) is 4.73. The number of nitrogens with one attached hydrogen (secondary N) is 2. The lowest BCUT2D eigenvalue weighted by molar-refractivity contribution is -0.115. The van der Waals surface area contributed by atoms with Crippen molar-refractivity contribution in [3.63, 3.8) is 0 Å². The first-order chi connectivity index (χ1) is 9.08. The van der Waals surface area contributed by atoms with Gasteiger partial charge in [0, 0.05) is 6.04 Å². The molecule has 0 aliphatic heterocycles. The Kier molecular flexibility index (Phi) is 4.50. The van der Waals surface area contributed by atoms with Crippen LogP contribution in [0.2, 0.25) is 0 Å². The molecule has 1 amide bonds. The highest BCUT2D eigenvalue weighted by atomic mass is 32.1. The Morgan fingerprint density at radius 3 is 3.00 bits per heavy atom. The molecule has 0 aliphatic rings. The summed E-state index contributed by atoms with van der Waals surface area (Å²) in [4.78, 5) is 16.2. The van der Waals surface area contributed by atoms with E-state index in [4.69, 9.17) is 0 Å². The number of aromatic nitrogens is 1. The van der Waals surface area contributed by atoms with Crippen LogP contribution in [0.25, 0.3) is 10.2 Å². The van der Waals surface area contributed by atoms with Crippen LogP contribution in [0.4, 0.5) is 5.13 Å². The maximum absolute atomic E-state index is 11.8. The van der Waals surface area contributed by atoms with Gasteiger partial charge in [-0.05, 0) is 38.0 Å². The first kappa shape index (κ1) is 14.0. The van der Waals surface area contributed by atoms with E-state index in [2.05, 4.69) is 35.5 Å². The number of carbonyl (C=O) groups is 1. The standard InChI is InChI=1S/C14H19N3OS/c1-4-10(3)15-8-13(18)17-14-16-11-6-5-9(2)7-12(11)19-14/h5-7,10,15H,4,8H2,1-3H3,(H,16,17,18). The second-order valence-corrected chi connectivity index (χ2v) is 5.76. The van der Waals surface area contributed by atoms with Gasteiger partial charge in [-0.2, -0.15) is 0 Å². The molecule has 0 radical (unpaired) electrons. The van der Waals surface area contributed by atoms with E-state index in [1.54, 1.807) is 0 Å². The quantitative estimate of drug-likeness (QED) is 0.883. The molecule has 5 heteroatoms. The third kappa shape index (κ3) is 3.75. The topological polar surface area (TPSA) is 54.0 Å². The Morgan fingerprint density at radius 1 is 1.47 bits per heavy atom. The van der Waals surface area contributed by atoms with Gasteiger partial charge < -0.3 is 10.6 Å². The van der Waals surface area contributed by atoms with Gasteiger partial charge in [-0.15, -0.1) is 0 Å². The molecule has 0 saturated carbocycles. The lowest BCUT2D eigenvalue weighted by Crippen LogP contribution is -2.33. The number of nitrogens with zero attached hydrogens (tertiary/aromatic N) is 1. The molecule has 2 rings (SSSR count). The summed E-state index contributed by atoms with van der Waals surface area (Å²) in [7, 11) is 0. The molecule has 1 aromatic heterocycles. The molecular weight excluding hydrogens is 258 g/mol. The minimum atomic E-state index is -0.0453. The number of rotatable bonds is 5. The number of thiazole rings is 1. The zero-order chi connectivity index (χ0) is 13.8. The molecule has 2 N–H and O–H groups in total. The van der Waals surface area contributed by atoms with E-state index in [1.807, 2.05) is 19.1 Å². The van der Waals surface area contributed by atoms with Crippen LogP contribution in [0.5, 0.6) is 0 Å². The Labute approximate surface area is 117 Å². The summed E-state index contributed by atoms with van der Waals surface area (Å²) in [6.07, 6.45) is 1.01. The fourth-order valence-corrected chi connectivity index (χ4v) is 2.64. The smallest absolute Gasteiger partial charge is 0.240 e. The zero-order valence-corrected chi connectivity index (χ0v) is 12.3. The van der Waals surface area contributed by atoms with Gasteiger partial charge in [-0.1, -0.05) is 24.3 Å². The largest absolute Gasteiger partial charge is 0.306 e. The Morgan fingerprint density at radius 2 is 2.26 bits per heavy atom. The predicted octanol–water partition coefficient (Wildman–Crippen LogP) is 2.93. The number of carbonyl (C=O) groups excluding carboxylic acids is 1. The van der Waals surface area contributed by atoms with Crippen molar-refractivity contribution < 1.29 is 4.79 Å². The van der Waals surface area contributed by atoms with E-state index in [1.165, 1.54) is 16.9 Å². The van der Waals surface area contributed by atoms with Crippen molar-refractivity contribution in [3.05, 3.63) is 23.8 Å². The van der Waals surface area contributed by atoms with Gasteiger partial charge in [-0.3, -0.25) is 4.79 Å². The van der Waals surface area contributed by atoms with E-state index in [9.17, 15) is 4.79 Å². The molecule has 0 aliphatic carbocycles. The molecule has 4 nitrogen and oxygen atoms in total. The first-order valence-electron chi connectivity index (χ1n) is 6.49. The molecule has 0 bridgehead atoms. The highest BCUT2D eigenvalue weighted by Crippen LogP contribution is 2.26. The number of hydrogen-bond donors (Lipinski definition) is 2. The molecule has 102 valence electrons. The number of hydrogen-bond acceptors (Lipinski definition) is 4. The van der Waals surface area contributed by atoms with Crippen LogP contribution in [-0.2, 0) is 4.79 Å². The molecule has 0 spiro atoms. The molecule has 1 aromatic carbocycles. The summed E-state index contributed by atoms with van der Waals surface area (Å²) in [6, 6.07) is 6.44. The van der Waals surface area contributed by atoms with Crippen LogP contribution in [0.3, 0.4) is 0 Å². The molecule has 19 heavy (non-hydrogen) atoms. The summed E-state index contributed by atoms with van der Waals surface area (Å²) < 4.78 is 1.10. The summed E-state index contributed by atoms with van der Waals surface area (Å²) in [6.45, 7) is 6.52. The van der Waals surface area contributed by atoms with Gasteiger partial charge in [0.15, 0.2) is 5.13 Å². The maximum Gasteiger partial charge on any atom is 0.240 e. The molecule has 0 fully saturated rings. The third-order valence-electron chi connectivity index (χ3n) is 3.01. The number of anilines is 1. The summed E-state index contributed by atoms with van der Waals surface area (Å²) in [5.74, 6) is -0.0453. The van der Waals surface area contributed by atoms with Crippen molar-refractivity contribution in [3.8, 4) is 0 Å². The van der Waals surface area contributed by atoms with Crippen LogP contribution < -0.4 is 10.6 Å². The third-order valence-corrected chi connectivity index (χ3v) is 3.95. The normalized spacial score (nSPS) is 12.6. The average Bonchev–Trinajstić information content (AvgIpc) is 2.77. The second kappa shape index (κ2) is 6.12. The predicted molar refractivity (Wildman–Crippen MR) is 80.7 cm³/mol. The summed E-state index contributed by atoms with van der Waals surface area (Å²) in [5.41, 5.74) is 2.13. The van der Waals surface area contributed by atoms with E-state index in [-0.39, 0.29) is 5.91 Å². The van der Waals surface area contributed by atoms with Crippen molar-refractivity contribution in [1.82, 2.24) is 10.3 Å². The van der Waals surface area contributed by atoms with Gasteiger partial charge in [0.2, 0.25) is 5.91 Å². The van der Waals surface area contributed by atoms with Crippen molar-refractivity contribution in [2.75, 3.05) is 11.9 Å². The summed E-state index contributed by atoms with van der Waals surface area (Å²) >= 11 is 1.51. The van der Waals surface area contributed by atoms with Crippen molar-refractivity contribution in [2.45, 2.75) is 33.2 Å². The van der Waals surface area contributed by atoms with Crippen molar-refractivity contribution in [2.24, 2.45) is 0 Å². The highest BCUT2D eigenvalue weighted by molar-refractivity contribution is 7.22. The number of amides is 1. The van der Waals surface area contributed by atoms with E-state index in [0.717, 1.165) is 16.6 Å². The fraction of sp³-hybridized carbons (Fsp3) is 0.429. The van der Waals surface area contributed by atoms with E-state index in [0.29, 0.717) is 17.7 Å². The molecular formula is C14H19N3OS. The van der Waals surface area contributed by atoms with Gasteiger partial charge >= 0.3 is 0 Å². The minimum Gasteiger partial charge on any atom is -0.306 e. The van der Waals surface area contributed by atoms with Gasteiger partial charge in [-0.25, -0.2) is 4.98 Å². The molecule has 1 unspecified atom stereocenters. The number of benzene rings is 1.